The van der Waals surface area contributed by atoms with Gasteiger partial charge in [0.05, 0.1) is 25.9 Å². The van der Waals surface area contributed by atoms with Gasteiger partial charge in [0, 0.05) is 5.56 Å². The number of hydrogen-bond acceptors (Lipinski definition) is 6. The molecule has 0 bridgehead atoms. The van der Waals surface area contributed by atoms with E-state index in [9.17, 15) is 9.59 Å². The zero-order chi connectivity index (χ0) is 14.7. The number of esters is 1. The van der Waals surface area contributed by atoms with Crippen LogP contribution in [0.1, 0.15) is 22.3 Å². The highest BCUT2D eigenvalue weighted by Crippen LogP contribution is 2.42. The van der Waals surface area contributed by atoms with Gasteiger partial charge >= 0.3 is 5.97 Å². The van der Waals surface area contributed by atoms with Gasteiger partial charge in [-0.3, -0.25) is 4.79 Å². The zero-order valence-electron chi connectivity index (χ0n) is 11.0. The second kappa shape index (κ2) is 5.48. The van der Waals surface area contributed by atoms with Crippen LogP contribution in [0.2, 0.25) is 0 Å². The predicted molar refractivity (Wildman–Crippen MR) is 67.5 cm³/mol. The van der Waals surface area contributed by atoms with Crippen LogP contribution in [0.5, 0.6) is 11.5 Å². The number of benzene rings is 1. The molecule has 0 radical (unpaired) electrons. The number of carbonyl (C=O) groups excluding carboxylic acids is 2. The summed E-state index contributed by atoms with van der Waals surface area (Å²) in [6.07, 6.45) is -0.329. The van der Waals surface area contributed by atoms with Gasteiger partial charge in [-0.25, -0.2) is 4.79 Å². The number of nitrogens with zero attached hydrogens (tertiary/aromatic N) is 1. The van der Waals surface area contributed by atoms with E-state index in [4.69, 9.17) is 19.5 Å². The average Bonchev–Trinajstić information content (AvgIpc) is 2.80. The molecule has 7 nitrogen and oxygen atoms in total. The van der Waals surface area contributed by atoms with E-state index in [-0.39, 0.29) is 30.0 Å². The lowest BCUT2D eigenvalue weighted by atomic mass is 10.1. The van der Waals surface area contributed by atoms with E-state index in [1.54, 1.807) is 12.1 Å². The average molecular weight is 276 g/mol. The highest BCUT2D eigenvalue weighted by atomic mass is 16.5. The molecule has 1 aromatic carbocycles. The number of carbonyl (C=O) groups is 2. The first-order valence-electron chi connectivity index (χ1n) is 5.74. The normalized spacial score (nSPS) is 12.2. The Hall–Kier alpha value is -2.75. The van der Waals surface area contributed by atoms with Gasteiger partial charge in [0.2, 0.25) is 5.91 Å². The number of anilines is 1. The van der Waals surface area contributed by atoms with Gasteiger partial charge in [-0.2, -0.15) is 5.26 Å². The van der Waals surface area contributed by atoms with Crippen molar-refractivity contribution in [1.82, 2.24) is 0 Å². The van der Waals surface area contributed by atoms with Crippen molar-refractivity contribution in [3.63, 3.8) is 0 Å². The Labute approximate surface area is 115 Å². The molecule has 2 rings (SSSR count). The summed E-state index contributed by atoms with van der Waals surface area (Å²) in [6, 6.07) is 3.36. The van der Waals surface area contributed by atoms with Crippen molar-refractivity contribution in [1.29, 1.82) is 5.26 Å². The summed E-state index contributed by atoms with van der Waals surface area (Å²) in [7, 11) is 2.84. The Morgan fingerprint density at radius 2 is 2.25 bits per heavy atom. The number of amides is 1. The summed E-state index contributed by atoms with van der Waals surface area (Å²) in [6.45, 7) is 0.107. The molecule has 1 aromatic rings. The van der Waals surface area contributed by atoms with E-state index in [0.29, 0.717) is 11.3 Å². The second-order valence-electron chi connectivity index (χ2n) is 3.98. The molecule has 0 unspecified atom stereocenters. The first-order chi connectivity index (χ1) is 9.62. The number of hydrogen-bond donors (Lipinski definition) is 1. The van der Waals surface area contributed by atoms with Crippen LogP contribution in [-0.4, -0.2) is 26.1 Å². The zero-order valence-corrected chi connectivity index (χ0v) is 11.0. The van der Waals surface area contributed by atoms with Crippen LogP contribution in [0.3, 0.4) is 0 Å². The lowest BCUT2D eigenvalue weighted by Crippen LogP contribution is -2.15. The molecule has 0 saturated carbocycles. The highest BCUT2D eigenvalue weighted by molar-refractivity contribution is 6.06. The van der Waals surface area contributed by atoms with Gasteiger partial charge in [-0.15, -0.1) is 0 Å². The van der Waals surface area contributed by atoms with Gasteiger partial charge < -0.3 is 19.5 Å². The van der Waals surface area contributed by atoms with Crippen LogP contribution in [0.15, 0.2) is 6.07 Å². The Kier molecular flexibility index (Phi) is 3.75. The molecule has 1 aliphatic heterocycles. The fourth-order valence-corrected chi connectivity index (χ4v) is 1.98. The Bertz CT molecular complexity index is 618. The molecular formula is C13H12N2O5. The molecule has 1 aliphatic rings. The molecule has 20 heavy (non-hydrogen) atoms. The summed E-state index contributed by atoms with van der Waals surface area (Å²) in [5, 5.41) is 11.0. The van der Waals surface area contributed by atoms with Gasteiger partial charge in [0.1, 0.15) is 18.7 Å². The minimum atomic E-state index is -0.548. The first-order valence-corrected chi connectivity index (χ1v) is 5.74. The predicted octanol–water partition coefficient (Wildman–Crippen LogP) is 1.23. The fraction of sp³-hybridized carbons (Fsp3) is 0.308. The van der Waals surface area contributed by atoms with E-state index < -0.39 is 11.9 Å². The van der Waals surface area contributed by atoms with E-state index >= 15 is 0 Å². The maximum absolute atomic E-state index is 11.8. The third kappa shape index (κ3) is 2.23. The van der Waals surface area contributed by atoms with Crippen LogP contribution in [-0.2, 0) is 16.1 Å². The molecule has 7 heteroatoms. The van der Waals surface area contributed by atoms with Crippen LogP contribution < -0.4 is 14.8 Å². The topological polar surface area (TPSA) is 97.6 Å². The molecule has 1 amide bonds. The first kappa shape index (κ1) is 13.7. The number of cyclic esters (lactones) is 1. The number of ether oxygens (including phenoxy) is 3. The quantitative estimate of drug-likeness (QED) is 0.830. The number of methoxy groups -OCH3 is 2. The van der Waals surface area contributed by atoms with Gasteiger partial charge in [-0.05, 0) is 6.07 Å². The smallest absolute Gasteiger partial charge is 0.341 e. The molecule has 0 aromatic heterocycles. The van der Waals surface area contributed by atoms with Crippen LogP contribution in [0, 0.1) is 11.3 Å². The van der Waals surface area contributed by atoms with E-state index in [1.807, 2.05) is 0 Å². The number of nitrogens with one attached hydrogen (secondary N) is 1. The largest absolute Gasteiger partial charge is 0.493 e. The SMILES string of the molecule is COc1cc2c(c(NC(=O)CC#N)c1OC)C(=O)OC2. The van der Waals surface area contributed by atoms with E-state index in [0.717, 1.165) is 0 Å². The van der Waals surface area contributed by atoms with Crippen molar-refractivity contribution in [3.8, 4) is 17.6 Å². The lowest BCUT2D eigenvalue weighted by molar-refractivity contribution is -0.115. The van der Waals surface area contributed by atoms with Crippen molar-refractivity contribution in [2.45, 2.75) is 13.0 Å². The molecule has 104 valence electrons. The lowest BCUT2D eigenvalue weighted by Gasteiger charge is -2.15. The van der Waals surface area contributed by atoms with Crippen LogP contribution in [0.25, 0.3) is 0 Å². The second-order valence-corrected chi connectivity index (χ2v) is 3.98. The van der Waals surface area contributed by atoms with E-state index in [1.165, 1.54) is 14.2 Å². The fourth-order valence-electron chi connectivity index (χ4n) is 1.98. The standard InChI is InChI=1S/C13H12N2O5/c1-18-8-5-7-6-20-13(17)10(7)11(12(8)19-2)15-9(16)3-4-14/h5H,3,6H2,1-2H3,(H,15,16). The van der Waals surface area contributed by atoms with Gasteiger partial charge in [0.15, 0.2) is 11.5 Å². The molecule has 0 fully saturated rings. The Balaban J connectivity index is 2.56. The molecule has 0 atom stereocenters. The summed E-state index contributed by atoms with van der Waals surface area (Å²) < 4.78 is 15.3. The van der Waals surface area contributed by atoms with Crippen LogP contribution >= 0.6 is 0 Å². The minimum absolute atomic E-state index is 0.107. The molecule has 0 saturated heterocycles. The number of rotatable bonds is 4. The highest BCUT2D eigenvalue weighted by Gasteiger charge is 2.31. The summed E-state index contributed by atoms with van der Waals surface area (Å²) >= 11 is 0. The van der Waals surface area contributed by atoms with E-state index in [2.05, 4.69) is 5.32 Å². The van der Waals surface area contributed by atoms with Crippen molar-refractivity contribution in [2.75, 3.05) is 19.5 Å². The molecule has 1 heterocycles. The van der Waals surface area contributed by atoms with Gasteiger partial charge in [0.25, 0.3) is 0 Å². The van der Waals surface area contributed by atoms with Crippen molar-refractivity contribution < 1.29 is 23.8 Å². The van der Waals surface area contributed by atoms with Gasteiger partial charge in [-0.1, -0.05) is 0 Å². The summed E-state index contributed by atoms with van der Waals surface area (Å²) in [5.74, 6) is -0.498. The maximum atomic E-state index is 11.8. The van der Waals surface area contributed by atoms with Crippen molar-refractivity contribution in [2.24, 2.45) is 0 Å². The summed E-state index contributed by atoms with van der Waals surface area (Å²) in [4.78, 5) is 23.4. The number of nitriles is 1. The monoisotopic (exact) mass is 276 g/mol. The summed E-state index contributed by atoms with van der Waals surface area (Å²) in [5.41, 5.74) is 0.999. The molecular weight excluding hydrogens is 264 g/mol. The maximum Gasteiger partial charge on any atom is 0.341 e. The molecule has 0 aliphatic carbocycles. The third-order valence-electron chi connectivity index (χ3n) is 2.82. The molecule has 0 spiro atoms. The number of fused-ring (bicyclic) bond motifs is 1. The van der Waals surface area contributed by atoms with Crippen molar-refractivity contribution >= 4 is 17.6 Å². The minimum Gasteiger partial charge on any atom is -0.493 e. The van der Waals surface area contributed by atoms with Crippen molar-refractivity contribution in [3.05, 3.63) is 17.2 Å². The molecule has 1 N–H and O–H groups in total. The third-order valence-corrected chi connectivity index (χ3v) is 2.82. The van der Waals surface area contributed by atoms with Crippen LogP contribution in [0.4, 0.5) is 5.69 Å². The Morgan fingerprint density at radius 3 is 2.85 bits per heavy atom. The Morgan fingerprint density at radius 1 is 1.50 bits per heavy atom.